The molecule has 1 aromatic rings. The van der Waals surface area contributed by atoms with Crippen molar-refractivity contribution in [3.63, 3.8) is 0 Å². The Morgan fingerprint density at radius 2 is 1.80 bits per heavy atom. The smallest absolute Gasteiger partial charge is 0.436 e. The second-order valence-electron chi connectivity index (χ2n) is 13.5. The van der Waals surface area contributed by atoms with Crippen molar-refractivity contribution in [3.8, 4) is 0 Å². The molecule has 226 valence electrons. The molecule has 41 heavy (non-hydrogen) atoms. The normalized spacial score (nSPS) is 29.9. The lowest BCUT2D eigenvalue weighted by Crippen LogP contribution is -2.65. The van der Waals surface area contributed by atoms with E-state index in [0.29, 0.717) is 56.1 Å². The number of nitrogens with zero attached hydrogens (tertiary/aromatic N) is 2. The molecule has 0 radical (unpaired) electrons. The van der Waals surface area contributed by atoms with Gasteiger partial charge in [-0.3, -0.25) is 14.4 Å². The van der Waals surface area contributed by atoms with Crippen molar-refractivity contribution in [1.82, 2.24) is 20.5 Å². The summed E-state index contributed by atoms with van der Waals surface area (Å²) in [7, 11) is -0.614. The van der Waals surface area contributed by atoms with Gasteiger partial charge in [-0.2, -0.15) is 0 Å². The third kappa shape index (κ3) is 5.79. The fourth-order valence-corrected chi connectivity index (χ4v) is 7.39. The van der Waals surface area contributed by atoms with Crippen molar-refractivity contribution in [2.75, 3.05) is 26.3 Å². The summed E-state index contributed by atoms with van der Waals surface area (Å²) in [5, 5.41) is 5.85. The van der Waals surface area contributed by atoms with Crippen LogP contribution in [-0.2, 0) is 23.6 Å². The number of nitrogens with one attached hydrogen (secondary N) is 2. The molecular weight excluding hydrogens is 527 g/mol. The highest BCUT2D eigenvalue weighted by molar-refractivity contribution is 6.48. The summed E-state index contributed by atoms with van der Waals surface area (Å²) in [5.41, 5.74) is 0.207. The number of morpholine rings is 1. The molecule has 2 aliphatic heterocycles. The van der Waals surface area contributed by atoms with Crippen LogP contribution in [0.3, 0.4) is 0 Å². The minimum Gasteiger partial charge on any atom is -0.436 e. The van der Waals surface area contributed by atoms with Crippen molar-refractivity contribution in [1.29, 1.82) is 0 Å². The standard InChI is InChI=1S/C29H45BN4O7/c1-16(2)12-23(30-40-22-14-19-13-21(28(19,5)6)29(22,7)41-30)33-26(36)20(15-24(35)34-8-10-38-11-9-34)32-27(37)25-17(3)31-18(4)39-25/h16,19-23H,8-15H2,1-7H3,(H,32,37)(H,33,36)/t19-,20?,21-,22+,23?,29-/m0/s1. The number of aryl methyl sites for hydroxylation is 2. The van der Waals surface area contributed by atoms with Gasteiger partial charge in [-0.25, -0.2) is 4.98 Å². The first-order chi connectivity index (χ1) is 19.3. The van der Waals surface area contributed by atoms with Gasteiger partial charge in [0.05, 0.1) is 43.0 Å². The predicted molar refractivity (Wildman–Crippen MR) is 151 cm³/mol. The van der Waals surface area contributed by atoms with Gasteiger partial charge < -0.3 is 34.0 Å². The van der Waals surface area contributed by atoms with Gasteiger partial charge in [0.1, 0.15) is 6.04 Å². The number of hydrogen-bond acceptors (Lipinski definition) is 8. The lowest BCUT2D eigenvalue weighted by atomic mass is 9.43. The number of ether oxygens (including phenoxy) is 1. The highest BCUT2D eigenvalue weighted by Gasteiger charge is 2.68. The second kappa shape index (κ2) is 11.3. The van der Waals surface area contributed by atoms with E-state index < -0.39 is 36.5 Å². The molecule has 1 aromatic heterocycles. The van der Waals surface area contributed by atoms with Gasteiger partial charge in [0, 0.05) is 20.0 Å². The van der Waals surface area contributed by atoms with E-state index in [2.05, 4.69) is 50.2 Å². The van der Waals surface area contributed by atoms with Crippen LogP contribution in [0.15, 0.2) is 4.42 Å². The topological polar surface area (TPSA) is 132 Å². The van der Waals surface area contributed by atoms with E-state index in [1.807, 2.05) is 0 Å². The molecule has 3 heterocycles. The fourth-order valence-electron chi connectivity index (χ4n) is 7.39. The van der Waals surface area contributed by atoms with Crippen LogP contribution in [0.5, 0.6) is 0 Å². The van der Waals surface area contributed by atoms with Gasteiger partial charge in [-0.05, 0) is 56.3 Å². The minimum absolute atomic E-state index is 0.0214. The van der Waals surface area contributed by atoms with Crippen LogP contribution in [0.25, 0.3) is 0 Å². The maximum absolute atomic E-state index is 13.9. The summed E-state index contributed by atoms with van der Waals surface area (Å²) in [6, 6.07) is -1.12. The van der Waals surface area contributed by atoms with Crippen molar-refractivity contribution in [3.05, 3.63) is 17.3 Å². The minimum atomic E-state index is -1.12. The first-order valence-corrected chi connectivity index (χ1v) is 15.0. The summed E-state index contributed by atoms with van der Waals surface area (Å²) in [6.07, 6.45) is 2.49. The molecule has 2 bridgehead atoms. The third-order valence-electron chi connectivity index (χ3n) is 9.82. The number of aromatic nitrogens is 1. The molecule has 2 unspecified atom stereocenters. The second-order valence-corrected chi connectivity index (χ2v) is 13.5. The fraction of sp³-hybridized carbons (Fsp3) is 0.793. The van der Waals surface area contributed by atoms with E-state index in [0.717, 1.165) is 12.8 Å². The predicted octanol–water partition coefficient (Wildman–Crippen LogP) is 2.44. The molecule has 2 saturated heterocycles. The Hall–Kier alpha value is -2.44. The lowest BCUT2D eigenvalue weighted by molar-refractivity contribution is -0.199. The molecule has 5 aliphatic rings. The van der Waals surface area contributed by atoms with Crippen LogP contribution in [0, 0.1) is 37.0 Å². The summed E-state index contributed by atoms with van der Waals surface area (Å²) in [5.74, 6) is -0.1000. The summed E-state index contributed by atoms with van der Waals surface area (Å²) < 4.78 is 24.1. The number of carbonyl (C=O) groups excluding carboxylic acids is 3. The van der Waals surface area contributed by atoms with Crippen LogP contribution in [0.2, 0.25) is 0 Å². The van der Waals surface area contributed by atoms with E-state index in [1.165, 1.54) is 0 Å². The Balaban J connectivity index is 1.33. The van der Waals surface area contributed by atoms with Crippen LogP contribution in [-0.4, -0.2) is 84.7 Å². The Bertz CT molecular complexity index is 1170. The maximum Gasteiger partial charge on any atom is 0.481 e. The molecule has 3 aliphatic carbocycles. The Morgan fingerprint density at radius 3 is 2.41 bits per heavy atom. The number of carbonyl (C=O) groups is 3. The molecule has 6 atom stereocenters. The maximum atomic E-state index is 13.9. The zero-order chi connectivity index (χ0) is 29.7. The summed E-state index contributed by atoms with van der Waals surface area (Å²) in [6.45, 7) is 16.0. The number of rotatable bonds is 9. The Labute approximate surface area is 242 Å². The van der Waals surface area contributed by atoms with E-state index in [9.17, 15) is 14.4 Å². The molecule has 0 aromatic carbocycles. The van der Waals surface area contributed by atoms with Gasteiger partial charge in [0.2, 0.25) is 17.6 Å². The molecular formula is C29H45BN4O7. The van der Waals surface area contributed by atoms with Crippen molar-refractivity contribution in [2.24, 2.45) is 23.2 Å². The molecule has 3 amide bonds. The van der Waals surface area contributed by atoms with Gasteiger partial charge in [-0.1, -0.05) is 27.7 Å². The molecule has 5 fully saturated rings. The first-order valence-electron chi connectivity index (χ1n) is 15.0. The van der Waals surface area contributed by atoms with E-state index >= 15 is 0 Å². The van der Waals surface area contributed by atoms with Crippen molar-refractivity contribution in [2.45, 2.75) is 97.8 Å². The molecule has 0 spiro atoms. The summed E-state index contributed by atoms with van der Waals surface area (Å²) >= 11 is 0. The van der Waals surface area contributed by atoms with Crippen LogP contribution in [0.4, 0.5) is 0 Å². The van der Waals surface area contributed by atoms with E-state index in [1.54, 1.807) is 18.7 Å². The molecule has 12 heteroatoms. The van der Waals surface area contributed by atoms with Crippen molar-refractivity contribution < 1.29 is 32.8 Å². The average molecular weight is 573 g/mol. The lowest BCUT2D eigenvalue weighted by Gasteiger charge is -2.64. The molecule has 11 nitrogen and oxygen atoms in total. The van der Waals surface area contributed by atoms with Crippen LogP contribution < -0.4 is 10.6 Å². The summed E-state index contributed by atoms with van der Waals surface area (Å²) in [4.78, 5) is 46.0. The van der Waals surface area contributed by atoms with Gasteiger partial charge >= 0.3 is 7.12 Å². The molecule has 2 N–H and O–H groups in total. The SMILES string of the molecule is Cc1nc(C)c(C(=O)NC(CC(=O)N2CCOCC2)C(=O)NC(CC(C)C)B2O[C@@H]3C[C@@H]4C[C@@H](C4(C)C)[C@]3(C)O2)o1. The first kappa shape index (κ1) is 30.0. The number of oxazole rings is 1. The largest absolute Gasteiger partial charge is 0.481 e. The number of amides is 3. The average Bonchev–Trinajstić information content (AvgIpc) is 3.45. The van der Waals surface area contributed by atoms with Crippen LogP contribution >= 0.6 is 0 Å². The molecule has 6 rings (SSSR count). The molecule has 3 saturated carbocycles. The third-order valence-corrected chi connectivity index (χ3v) is 9.82. The Morgan fingerprint density at radius 1 is 1.10 bits per heavy atom. The van der Waals surface area contributed by atoms with E-state index in [-0.39, 0.29) is 35.5 Å². The Kier molecular flexibility index (Phi) is 8.30. The highest BCUT2D eigenvalue weighted by Crippen LogP contribution is 2.65. The quantitative estimate of drug-likeness (QED) is 0.432. The van der Waals surface area contributed by atoms with Gasteiger partial charge in [-0.15, -0.1) is 0 Å². The van der Waals surface area contributed by atoms with E-state index in [4.69, 9.17) is 18.5 Å². The van der Waals surface area contributed by atoms with Gasteiger partial charge in [0.15, 0.2) is 5.89 Å². The zero-order valence-corrected chi connectivity index (χ0v) is 25.5. The monoisotopic (exact) mass is 572 g/mol. The zero-order valence-electron chi connectivity index (χ0n) is 25.5. The van der Waals surface area contributed by atoms with Gasteiger partial charge in [0.25, 0.3) is 5.91 Å². The highest BCUT2D eigenvalue weighted by atomic mass is 16.7. The van der Waals surface area contributed by atoms with Crippen LogP contribution in [0.1, 0.15) is 82.4 Å². The van der Waals surface area contributed by atoms with Crippen molar-refractivity contribution >= 4 is 24.8 Å². The number of hydrogen-bond donors (Lipinski definition) is 2.